The van der Waals surface area contributed by atoms with Crippen molar-refractivity contribution in [3.8, 4) is 0 Å². The fourth-order valence-corrected chi connectivity index (χ4v) is 3.95. The lowest BCUT2D eigenvalue weighted by molar-refractivity contribution is -0.123. The van der Waals surface area contributed by atoms with Gasteiger partial charge in [0, 0.05) is 18.7 Å². The van der Waals surface area contributed by atoms with Crippen LogP contribution in [0.15, 0.2) is 29.2 Å². The van der Waals surface area contributed by atoms with Crippen LogP contribution in [0.25, 0.3) is 0 Å². The Kier molecular flexibility index (Phi) is 5.51. The Labute approximate surface area is 137 Å². The van der Waals surface area contributed by atoms with Crippen molar-refractivity contribution < 1.29 is 26.4 Å². The molecular formula is C14H18F3N3O3S. The number of halogens is 3. The Bertz CT molecular complexity index is 689. The topological polar surface area (TPSA) is 92.5 Å². The number of hydrogen-bond donors (Lipinski definition) is 2. The summed E-state index contributed by atoms with van der Waals surface area (Å²) < 4.78 is 62.5. The highest BCUT2D eigenvalue weighted by atomic mass is 32.2. The molecule has 3 N–H and O–H groups in total. The number of nitrogens with zero attached hydrogens (tertiary/aromatic N) is 1. The van der Waals surface area contributed by atoms with Crippen molar-refractivity contribution in [2.45, 2.75) is 17.5 Å². The summed E-state index contributed by atoms with van der Waals surface area (Å²) in [5.74, 6) is -0.798. The Hall–Kier alpha value is -1.65. The third-order valence-electron chi connectivity index (χ3n) is 3.79. The van der Waals surface area contributed by atoms with Gasteiger partial charge in [0.15, 0.2) is 0 Å². The van der Waals surface area contributed by atoms with Crippen LogP contribution >= 0.6 is 0 Å². The minimum atomic E-state index is -4.51. The molecule has 1 amide bonds. The van der Waals surface area contributed by atoms with Crippen LogP contribution in [0.2, 0.25) is 0 Å². The number of amides is 1. The van der Waals surface area contributed by atoms with E-state index in [1.807, 2.05) is 0 Å². The smallest absolute Gasteiger partial charge is 0.343 e. The molecule has 1 aliphatic heterocycles. The zero-order valence-corrected chi connectivity index (χ0v) is 13.5. The highest BCUT2D eigenvalue weighted by Gasteiger charge is 2.32. The van der Waals surface area contributed by atoms with Gasteiger partial charge in [-0.3, -0.25) is 4.79 Å². The predicted molar refractivity (Wildman–Crippen MR) is 80.8 cm³/mol. The fraction of sp³-hybridized carbons (Fsp3) is 0.500. The molecule has 0 aromatic heterocycles. The molecule has 2 rings (SSSR count). The molecule has 1 fully saturated rings. The van der Waals surface area contributed by atoms with Gasteiger partial charge in [-0.25, -0.2) is 8.42 Å². The van der Waals surface area contributed by atoms with E-state index >= 15 is 0 Å². The van der Waals surface area contributed by atoms with Gasteiger partial charge in [-0.2, -0.15) is 17.5 Å². The van der Waals surface area contributed by atoms with Gasteiger partial charge >= 0.3 is 6.18 Å². The van der Waals surface area contributed by atoms with Crippen LogP contribution in [0.4, 0.5) is 13.2 Å². The first-order valence-corrected chi connectivity index (χ1v) is 8.73. The van der Waals surface area contributed by atoms with E-state index in [4.69, 9.17) is 5.73 Å². The lowest BCUT2D eigenvalue weighted by Gasteiger charge is -2.16. The average Bonchev–Trinajstić information content (AvgIpc) is 3.02. The van der Waals surface area contributed by atoms with Crippen molar-refractivity contribution in [3.63, 3.8) is 0 Å². The van der Waals surface area contributed by atoms with Gasteiger partial charge in [-0.05, 0) is 43.1 Å². The highest BCUT2D eigenvalue weighted by molar-refractivity contribution is 7.89. The maximum atomic E-state index is 12.5. The third kappa shape index (κ3) is 4.46. The van der Waals surface area contributed by atoms with Crippen LogP contribution in [-0.4, -0.2) is 51.0 Å². The summed E-state index contributed by atoms with van der Waals surface area (Å²) in [4.78, 5) is 11.6. The molecule has 1 aromatic carbocycles. The van der Waals surface area contributed by atoms with Crippen molar-refractivity contribution in [2.75, 3.05) is 26.2 Å². The van der Waals surface area contributed by atoms with E-state index in [0.717, 1.165) is 0 Å². The second kappa shape index (κ2) is 7.08. The Morgan fingerprint density at radius 2 is 1.92 bits per heavy atom. The van der Waals surface area contributed by atoms with Gasteiger partial charge in [-0.1, -0.05) is 0 Å². The summed E-state index contributed by atoms with van der Waals surface area (Å²) >= 11 is 0. The summed E-state index contributed by atoms with van der Waals surface area (Å²) in [5, 5.41) is 1.73. The molecule has 0 aliphatic carbocycles. The number of nitrogens with two attached hydrogens (primary N) is 1. The molecule has 1 aromatic rings. The van der Waals surface area contributed by atoms with Crippen LogP contribution in [0.5, 0.6) is 0 Å². The van der Waals surface area contributed by atoms with E-state index in [1.165, 1.54) is 28.6 Å². The van der Waals surface area contributed by atoms with Crippen LogP contribution in [-0.2, 0) is 10.0 Å². The fourth-order valence-electron chi connectivity index (χ4n) is 2.42. The Morgan fingerprint density at radius 3 is 2.42 bits per heavy atom. The van der Waals surface area contributed by atoms with Crippen molar-refractivity contribution >= 4 is 15.9 Å². The monoisotopic (exact) mass is 365 g/mol. The van der Waals surface area contributed by atoms with Gasteiger partial charge in [0.2, 0.25) is 10.0 Å². The van der Waals surface area contributed by atoms with Crippen molar-refractivity contribution in [1.29, 1.82) is 0 Å². The molecule has 6 nitrogen and oxygen atoms in total. The van der Waals surface area contributed by atoms with Crippen LogP contribution < -0.4 is 11.1 Å². The average molecular weight is 365 g/mol. The number of rotatable bonds is 5. The number of alkyl halides is 3. The second-order valence-electron chi connectivity index (χ2n) is 5.58. The number of hydrogen-bond acceptors (Lipinski definition) is 4. The minimum Gasteiger partial charge on any atom is -0.343 e. The van der Waals surface area contributed by atoms with E-state index in [2.05, 4.69) is 0 Å². The molecule has 0 saturated carbocycles. The summed E-state index contributed by atoms with van der Waals surface area (Å²) in [6.45, 7) is -0.324. The first kappa shape index (κ1) is 18.7. The summed E-state index contributed by atoms with van der Waals surface area (Å²) in [5.41, 5.74) is 5.50. The maximum absolute atomic E-state index is 12.5. The van der Waals surface area contributed by atoms with Gasteiger partial charge in [0.05, 0.1) is 4.90 Å². The van der Waals surface area contributed by atoms with Gasteiger partial charge in [0.1, 0.15) is 6.54 Å². The molecule has 0 radical (unpaired) electrons. The molecule has 0 spiro atoms. The van der Waals surface area contributed by atoms with Gasteiger partial charge in [-0.15, -0.1) is 0 Å². The van der Waals surface area contributed by atoms with Crippen molar-refractivity contribution in [2.24, 2.45) is 11.7 Å². The number of carbonyl (C=O) groups excluding carboxylic acids is 1. The second-order valence-corrected chi connectivity index (χ2v) is 7.51. The van der Waals surface area contributed by atoms with Crippen LogP contribution in [0.1, 0.15) is 16.8 Å². The molecule has 1 heterocycles. The first-order chi connectivity index (χ1) is 11.1. The molecular weight excluding hydrogens is 347 g/mol. The Balaban J connectivity index is 2.07. The summed E-state index contributed by atoms with van der Waals surface area (Å²) in [7, 11) is -3.69. The molecule has 134 valence electrons. The normalized spacial score (nSPS) is 19.4. The number of nitrogens with one attached hydrogen (secondary N) is 1. The maximum Gasteiger partial charge on any atom is 0.405 e. The molecule has 0 bridgehead atoms. The Morgan fingerprint density at radius 1 is 1.29 bits per heavy atom. The first-order valence-electron chi connectivity index (χ1n) is 7.29. The molecule has 10 heteroatoms. The van der Waals surface area contributed by atoms with Gasteiger partial charge in [0.25, 0.3) is 5.91 Å². The minimum absolute atomic E-state index is 0.00690. The molecule has 1 aliphatic rings. The molecule has 1 atom stereocenters. The predicted octanol–water partition coefficient (Wildman–Crippen LogP) is 0.948. The zero-order chi connectivity index (χ0) is 18.0. The number of benzene rings is 1. The zero-order valence-electron chi connectivity index (χ0n) is 12.7. The SMILES string of the molecule is NCC1CCN(S(=O)(=O)c2ccc(C(=O)NCC(F)(F)F)cc2)C1. The molecule has 24 heavy (non-hydrogen) atoms. The quantitative estimate of drug-likeness (QED) is 0.813. The highest BCUT2D eigenvalue weighted by Crippen LogP contribution is 2.24. The van der Waals surface area contributed by atoms with Crippen molar-refractivity contribution in [3.05, 3.63) is 29.8 Å². The number of sulfonamides is 1. The summed E-state index contributed by atoms with van der Waals surface area (Å²) in [6, 6.07) is 4.81. The lowest BCUT2D eigenvalue weighted by Crippen LogP contribution is -2.33. The number of carbonyl (C=O) groups is 1. The van der Waals surface area contributed by atoms with Crippen molar-refractivity contribution in [1.82, 2.24) is 9.62 Å². The summed E-state index contributed by atoms with van der Waals surface area (Å²) in [6.07, 6.45) is -3.82. The van der Waals surface area contributed by atoms with E-state index in [-0.39, 0.29) is 16.4 Å². The third-order valence-corrected chi connectivity index (χ3v) is 5.66. The van der Waals surface area contributed by atoms with E-state index in [0.29, 0.717) is 26.1 Å². The van der Waals surface area contributed by atoms with E-state index < -0.39 is 28.7 Å². The van der Waals surface area contributed by atoms with Gasteiger partial charge < -0.3 is 11.1 Å². The van der Waals surface area contributed by atoms with E-state index in [9.17, 15) is 26.4 Å². The van der Waals surface area contributed by atoms with E-state index in [1.54, 1.807) is 5.32 Å². The largest absolute Gasteiger partial charge is 0.405 e. The molecule has 1 saturated heterocycles. The standard InChI is InChI=1S/C14H18F3N3O3S/c15-14(16,17)9-19-13(21)11-1-3-12(4-2-11)24(22,23)20-6-5-10(7-18)8-20/h1-4,10H,5-9,18H2,(H,19,21). The molecule has 1 unspecified atom stereocenters. The van der Waals surface area contributed by atoms with Crippen LogP contribution in [0.3, 0.4) is 0 Å². The van der Waals surface area contributed by atoms with Crippen LogP contribution in [0, 0.1) is 5.92 Å². The lowest BCUT2D eigenvalue weighted by atomic mass is 10.1.